The maximum Gasteiger partial charge on any atom is 0.171 e. The maximum atomic E-state index is 4.53. The van der Waals surface area contributed by atoms with Crippen LogP contribution in [-0.2, 0) is 0 Å². The van der Waals surface area contributed by atoms with Crippen LogP contribution in [0.3, 0.4) is 0 Å². The van der Waals surface area contributed by atoms with Crippen LogP contribution >= 0.6 is 11.3 Å². The zero-order valence-corrected chi connectivity index (χ0v) is 10.3. The van der Waals surface area contributed by atoms with Gasteiger partial charge in [0.15, 0.2) is 5.82 Å². The third-order valence-corrected chi connectivity index (χ3v) is 4.15. The second-order valence-electron chi connectivity index (χ2n) is 4.16. The van der Waals surface area contributed by atoms with Gasteiger partial charge in [-0.2, -0.15) is 0 Å². The van der Waals surface area contributed by atoms with E-state index in [-0.39, 0.29) is 0 Å². The van der Waals surface area contributed by atoms with E-state index in [1.54, 1.807) is 23.7 Å². The fraction of sp³-hybridized carbons (Fsp3) is 0.417. The molecule has 3 heterocycles. The largest absolute Gasteiger partial charge is 0.317 e. The van der Waals surface area contributed by atoms with Gasteiger partial charge in [0, 0.05) is 24.5 Å². The smallest absolute Gasteiger partial charge is 0.171 e. The molecule has 1 aliphatic heterocycles. The van der Waals surface area contributed by atoms with Crippen molar-refractivity contribution < 1.29 is 0 Å². The standard InChI is InChI=1S/C12H14N4S/c1-4-14-11(15-5-1)10-8-16-12(17-10)9-2-6-13-7-3-9/h1,4-5,8-9,13H,2-3,6-7H2. The highest BCUT2D eigenvalue weighted by molar-refractivity contribution is 7.15. The molecule has 2 aromatic rings. The van der Waals surface area contributed by atoms with E-state index in [9.17, 15) is 0 Å². The van der Waals surface area contributed by atoms with E-state index in [2.05, 4.69) is 20.3 Å². The molecule has 1 N–H and O–H groups in total. The van der Waals surface area contributed by atoms with Gasteiger partial charge >= 0.3 is 0 Å². The first kappa shape index (κ1) is 10.8. The van der Waals surface area contributed by atoms with Crippen LogP contribution in [-0.4, -0.2) is 28.0 Å². The first-order valence-corrected chi connectivity index (χ1v) is 6.69. The van der Waals surface area contributed by atoms with Crippen molar-refractivity contribution in [3.63, 3.8) is 0 Å². The molecule has 88 valence electrons. The van der Waals surface area contributed by atoms with Crippen molar-refractivity contribution in [1.29, 1.82) is 0 Å². The molecule has 17 heavy (non-hydrogen) atoms. The molecular weight excluding hydrogens is 232 g/mol. The number of aromatic nitrogens is 3. The molecule has 0 radical (unpaired) electrons. The topological polar surface area (TPSA) is 50.7 Å². The van der Waals surface area contributed by atoms with Crippen LogP contribution in [0.25, 0.3) is 10.7 Å². The average Bonchev–Trinajstić information content (AvgIpc) is 2.90. The summed E-state index contributed by atoms with van der Waals surface area (Å²) in [6, 6.07) is 1.83. The summed E-state index contributed by atoms with van der Waals surface area (Å²) in [6.45, 7) is 2.20. The summed E-state index contributed by atoms with van der Waals surface area (Å²) in [5, 5.41) is 4.61. The molecule has 4 nitrogen and oxygen atoms in total. The van der Waals surface area contributed by atoms with E-state index < -0.39 is 0 Å². The number of piperidine rings is 1. The van der Waals surface area contributed by atoms with Gasteiger partial charge in [-0.25, -0.2) is 15.0 Å². The Morgan fingerprint density at radius 2 is 1.88 bits per heavy atom. The highest BCUT2D eigenvalue weighted by Gasteiger charge is 2.19. The summed E-state index contributed by atoms with van der Waals surface area (Å²) in [5.74, 6) is 1.39. The molecule has 3 rings (SSSR count). The van der Waals surface area contributed by atoms with Gasteiger partial charge in [-0.05, 0) is 32.0 Å². The van der Waals surface area contributed by atoms with Crippen molar-refractivity contribution in [2.75, 3.05) is 13.1 Å². The third-order valence-electron chi connectivity index (χ3n) is 3.00. The maximum absolute atomic E-state index is 4.53. The summed E-state index contributed by atoms with van der Waals surface area (Å²) < 4.78 is 0. The number of thiazole rings is 1. The average molecular weight is 246 g/mol. The van der Waals surface area contributed by atoms with Crippen molar-refractivity contribution >= 4 is 11.3 Å². The van der Waals surface area contributed by atoms with Crippen LogP contribution in [0.2, 0.25) is 0 Å². The van der Waals surface area contributed by atoms with Gasteiger partial charge in [-0.15, -0.1) is 11.3 Å². The lowest BCUT2D eigenvalue weighted by Gasteiger charge is -2.20. The second kappa shape index (κ2) is 4.89. The molecule has 0 spiro atoms. The van der Waals surface area contributed by atoms with Crippen LogP contribution in [0.4, 0.5) is 0 Å². The Balaban J connectivity index is 1.83. The third kappa shape index (κ3) is 2.35. The SMILES string of the molecule is c1cnc(-c2cnc(C3CCNCC3)s2)nc1. The quantitative estimate of drug-likeness (QED) is 0.881. The van der Waals surface area contributed by atoms with E-state index in [4.69, 9.17) is 0 Å². The van der Waals surface area contributed by atoms with Crippen LogP contribution in [0.5, 0.6) is 0 Å². The first-order valence-electron chi connectivity index (χ1n) is 5.87. The zero-order valence-electron chi connectivity index (χ0n) is 9.47. The van der Waals surface area contributed by atoms with Gasteiger partial charge < -0.3 is 5.32 Å². The number of rotatable bonds is 2. The van der Waals surface area contributed by atoms with Crippen molar-refractivity contribution in [3.05, 3.63) is 29.7 Å². The van der Waals surface area contributed by atoms with Crippen molar-refractivity contribution in [3.8, 4) is 10.7 Å². The molecule has 1 fully saturated rings. The normalized spacial score (nSPS) is 17.2. The Morgan fingerprint density at radius 3 is 2.65 bits per heavy atom. The predicted octanol–water partition coefficient (Wildman–Crippen LogP) is 2.07. The summed E-state index contributed by atoms with van der Waals surface area (Å²) in [7, 11) is 0. The lowest BCUT2D eigenvalue weighted by atomic mass is 9.99. The Kier molecular flexibility index (Phi) is 3.11. The molecular formula is C12H14N4S. The lowest BCUT2D eigenvalue weighted by molar-refractivity contribution is 0.459. The highest BCUT2D eigenvalue weighted by Crippen LogP contribution is 2.31. The van der Waals surface area contributed by atoms with Crippen molar-refractivity contribution in [2.45, 2.75) is 18.8 Å². The number of hydrogen-bond acceptors (Lipinski definition) is 5. The molecule has 0 saturated carbocycles. The Morgan fingerprint density at radius 1 is 1.12 bits per heavy atom. The molecule has 2 aromatic heterocycles. The van der Waals surface area contributed by atoms with Crippen molar-refractivity contribution in [1.82, 2.24) is 20.3 Å². The van der Waals surface area contributed by atoms with E-state index in [1.807, 2.05) is 12.3 Å². The summed E-state index contributed by atoms with van der Waals surface area (Å²) in [5.41, 5.74) is 0. The molecule has 5 heteroatoms. The molecule has 1 aliphatic rings. The monoisotopic (exact) mass is 246 g/mol. The number of nitrogens with zero attached hydrogens (tertiary/aromatic N) is 3. The molecule has 0 unspecified atom stereocenters. The molecule has 0 atom stereocenters. The molecule has 1 saturated heterocycles. The van der Waals surface area contributed by atoms with Gasteiger partial charge in [0.25, 0.3) is 0 Å². The first-order chi connectivity index (χ1) is 8.43. The molecule has 0 bridgehead atoms. The number of hydrogen-bond donors (Lipinski definition) is 1. The Bertz CT molecular complexity index is 476. The lowest BCUT2D eigenvalue weighted by Crippen LogP contribution is -2.26. The van der Waals surface area contributed by atoms with Crippen LogP contribution in [0, 0.1) is 0 Å². The summed E-state index contributed by atoms with van der Waals surface area (Å²) in [4.78, 5) is 14.1. The van der Waals surface area contributed by atoms with Gasteiger partial charge in [-0.1, -0.05) is 0 Å². The van der Waals surface area contributed by atoms with Gasteiger partial charge in [0.05, 0.1) is 9.88 Å². The van der Waals surface area contributed by atoms with Gasteiger partial charge in [-0.3, -0.25) is 0 Å². The molecule has 0 aliphatic carbocycles. The fourth-order valence-electron chi connectivity index (χ4n) is 2.07. The van der Waals surface area contributed by atoms with E-state index >= 15 is 0 Å². The van der Waals surface area contributed by atoms with Crippen LogP contribution in [0.15, 0.2) is 24.7 Å². The molecule has 0 amide bonds. The minimum atomic E-state index is 0.610. The van der Waals surface area contributed by atoms with E-state index in [0.29, 0.717) is 5.92 Å². The van der Waals surface area contributed by atoms with Crippen molar-refractivity contribution in [2.24, 2.45) is 0 Å². The zero-order chi connectivity index (χ0) is 11.5. The van der Waals surface area contributed by atoms with Crippen LogP contribution < -0.4 is 5.32 Å². The minimum absolute atomic E-state index is 0.610. The number of nitrogens with one attached hydrogen (secondary N) is 1. The highest BCUT2D eigenvalue weighted by atomic mass is 32.1. The van der Waals surface area contributed by atoms with Gasteiger partial charge in [0.1, 0.15) is 0 Å². The minimum Gasteiger partial charge on any atom is -0.317 e. The van der Waals surface area contributed by atoms with Gasteiger partial charge in [0.2, 0.25) is 0 Å². The fourth-order valence-corrected chi connectivity index (χ4v) is 3.11. The van der Waals surface area contributed by atoms with E-state index in [1.165, 1.54) is 17.8 Å². The Hall–Kier alpha value is -1.33. The predicted molar refractivity (Wildman–Crippen MR) is 68.0 cm³/mol. The van der Waals surface area contributed by atoms with Crippen LogP contribution in [0.1, 0.15) is 23.8 Å². The Labute approximate surface area is 104 Å². The second-order valence-corrected chi connectivity index (χ2v) is 5.22. The molecule has 0 aromatic carbocycles. The van der Waals surface area contributed by atoms with E-state index in [0.717, 1.165) is 23.8 Å². The summed E-state index contributed by atoms with van der Waals surface area (Å²) >= 11 is 1.73. The summed E-state index contributed by atoms with van der Waals surface area (Å²) in [6.07, 6.45) is 7.81.